The lowest BCUT2D eigenvalue weighted by Crippen LogP contribution is -2.17. The maximum absolute atomic E-state index is 13.2. The van der Waals surface area contributed by atoms with Crippen LogP contribution < -0.4 is 10.1 Å². The molecule has 1 fully saturated rings. The third-order valence-corrected chi connectivity index (χ3v) is 4.39. The molecule has 1 saturated heterocycles. The number of amides is 2. The summed E-state index contributed by atoms with van der Waals surface area (Å²) in [6.07, 6.45) is -3.23. The van der Waals surface area contributed by atoms with Crippen LogP contribution in [0, 0.1) is 6.92 Å². The van der Waals surface area contributed by atoms with Crippen molar-refractivity contribution in [3.05, 3.63) is 58.0 Å². The fourth-order valence-electron chi connectivity index (χ4n) is 2.36. The summed E-state index contributed by atoms with van der Waals surface area (Å²) in [4.78, 5) is 22.8. The molecule has 140 valence electrons. The summed E-state index contributed by atoms with van der Waals surface area (Å²) in [7, 11) is 0. The summed E-state index contributed by atoms with van der Waals surface area (Å²) < 4.78 is 44.8. The van der Waals surface area contributed by atoms with Gasteiger partial charge in [0.2, 0.25) is 0 Å². The van der Waals surface area contributed by atoms with Crippen molar-refractivity contribution in [3.8, 4) is 17.2 Å². The van der Waals surface area contributed by atoms with E-state index < -0.39 is 34.4 Å². The van der Waals surface area contributed by atoms with Crippen molar-refractivity contribution in [2.75, 3.05) is 0 Å². The Labute approximate surface area is 155 Å². The van der Waals surface area contributed by atoms with E-state index in [-0.39, 0.29) is 10.7 Å². The molecule has 1 heterocycles. The van der Waals surface area contributed by atoms with Crippen molar-refractivity contribution in [2.24, 2.45) is 0 Å². The summed E-state index contributed by atoms with van der Waals surface area (Å²) in [5.74, 6) is -1.58. The lowest BCUT2D eigenvalue weighted by atomic mass is 10.1. The number of carbonyl (C=O) groups is 2. The number of aryl methyl sites for hydroxylation is 1. The molecule has 27 heavy (non-hydrogen) atoms. The Bertz CT molecular complexity index is 970. The van der Waals surface area contributed by atoms with Gasteiger partial charge in [-0.3, -0.25) is 14.9 Å². The molecular formula is C18H12F3NO4S. The minimum Gasteiger partial charge on any atom is -0.504 e. The van der Waals surface area contributed by atoms with Crippen LogP contribution in [0.3, 0.4) is 0 Å². The van der Waals surface area contributed by atoms with E-state index in [2.05, 4.69) is 5.32 Å². The summed E-state index contributed by atoms with van der Waals surface area (Å²) in [5, 5.41) is 11.7. The molecule has 2 aromatic rings. The maximum atomic E-state index is 13.2. The SMILES string of the molecule is Cc1ccc(Oc2ccc(/C=C3\SC(=O)NC3=O)cc2O)c(C(F)(F)F)c1. The van der Waals surface area contributed by atoms with Crippen LogP contribution in [0.25, 0.3) is 6.08 Å². The number of alkyl halides is 3. The van der Waals surface area contributed by atoms with Gasteiger partial charge in [0.1, 0.15) is 5.75 Å². The molecule has 0 aromatic heterocycles. The topological polar surface area (TPSA) is 75.6 Å². The van der Waals surface area contributed by atoms with Gasteiger partial charge in [-0.2, -0.15) is 13.2 Å². The van der Waals surface area contributed by atoms with E-state index in [9.17, 15) is 27.9 Å². The minimum atomic E-state index is -4.61. The van der Waals surface area contributed by atoms with Crippen LogP contribution in [-0.2, 0) is 11.0 Å². The van der Waals surface area contributed by atoms with E-state index in [0.29, 0.717) is 22.9 Å². The molecule has 0 atom stereocenters. The van der Waals surface area contributed by atoms with Crippen LogP contribution in [0.2, 0.25) is 0 Å². The summed E-state index contributed by atoms with van der Waals surface area (Å²) >= 11 is 0.711. The third-order valence-electron chi connectivity index (χ3n) is 3.58. The minimum absolute atomic E-state index is 0.144. The van der Waals surface area contributed by atoms with Gasteiger partial charge in [-0.1, -0.05) is 17.7 Å². The normalized spacial score (nSPS) is 15.9. The lowest BCUT2D eigenvalue weighted by Gasteiger charge is -2.15. The fourth-order valence-corrected chi connectivity index (χ4v) is 3.04. The predicted octanol–water partition coefficient (Wildman–Crippen LogP) is 4.84. The molecule has 1 aliphatic rings. The van der Waals surface area contributed by atoms with E-state index in [1.165, 1.54) is 43.3 Å². The zero-order valence-electron chi connectivity index (χ0n) is 13.8. The molecule has 2 N–H and O–H groups in total. The number of phenolic OH excluding ortho intramolecular Hbond substituents is 1. The van der Waals surface area contributed by atoms with E-state index in [1.54, 1.807) is 0 Å². The van der Waals surface area contributed by atoms with Crippen molar-refractivity contribution in [3.63, 3.8) is 0 Å². The Morgan fingerprint density at radius 3 is 2.41 bits per heavy atom. The Balaban J connectivity index is 1.89. The zero-order valence-corrected chi connectivity index (χ0v) is 14.6. The Morgan fingerprint density at radius 2 is 1.81 bits per heavy atom. The number of hydrogen-bond acceptors (Lipinski definition) is 5. The van der Waals surface area contributed by atoms with Crippen LogP contribution in [0.4, 0.5) is 18.0 Å². The highest BCUT2D eigenvalue weighted by Gasteiger charge is 2.34. The Morgan fingerprint density at radius 1 is 1.11 bits per heavy atom. The van der Waals surface area contributed by atoms with Crippen molar-refractivity contribution in [1.29, 1.82) is 0 Å². The highest BCUT2D eigenvalue weighted by Crippen LogP contribution is 2.41. The molecule has 9 heteroatoms. The monoisotopic (exact) mass is 395 g/mol. The first-order chi connectivity index (χ1) is 12.6. The number of benzene rings is 2. The standard InChI is InChI=1S/C18H12F3NO4S/c1-9-2-4-13(11(6-9)18(19,20)21)26-14-5-3-10(7-12(14)23)8-15-16(24)22-17(25)27-15/h2-8,23H,1H3,(H,22,24,25)/b15-8-. The van der Waals surface area contributed by atoms with E-state index in [4.69, 9.17) is 4.74 Å². The molecule has 0 unspecified atom stereocenters. The molecule has 0 aliphatic carbocycles. The summed E-state index contributed by atoms with van der Waals surface area (Å²) in [6, 6.07) is 7.55. The van der Waals surface area contributed by atoms with Gasteiger partial charge in [0.25, 0.3) is 11.1 Å². The average Bonchev–Trinajstić information content (AvgIpc) is 2.88. The van der Waals surface area contributed by atoms with Gasteiger partial charge < -0.3 is 9.84 Å². The van der Waals surface area contributed by atoms with Crippen molar-refractivity contribution in [2.45, 2.75) is 13.1 Å². The quantitative estimate of drug-likeness (QED) is 0.728. The average molecular weight is 395 g/mol. The number of phenols is 1. The molecule has 0 saturated carbocycles. The molecule has 0 bridgehead atoms. The third kappa shape index (κ3) is 4.25. The Kier molecular flexibility index (Phi) is 4.88. The number of ether oxygens (including phenoxy) is 1. The molecule has 0 spiro atoms. The number of imide groups is 1. The van der Waals surface area contributed by atoms with Gasteiger partial charge >= 0.3 is 6.18 Å². The first-order valence-corrected chi connectivity index (χ1v) is 8.39. The van der Waals surface area contributed by atoms with Gasteiger partial charge in [-0.15, -0.1) is 0 Å². The summed E-state index contributed by atoms with van der Waals surface area (Å²) in [5.41, 5.74) is -0.152. The first-order valence-electron chi connectivity index (χ1n) is 7.57. The number of rotatable bonds is 3. The molecular weight excluding hydrogens is 383 g/mol. The summed E-state index contributed by atoms with van der Waals surface area (Å²) in [6.45, 7) is 1.53. The largest absolute Gasteiger partial charge is 0.504 e. The van der Waals surface area contributed by atoms with Crippen LogP contribution in [0.1, 0.15) is 16.7 Å². The lowest BCUT2D eigenvalue weighted by molar-refractivity contribution is -0.138. The van der Waals surface area contributed by atoms with E-state index in [1.807, 2.05) is 0 Å². The van der Waals surface area contributed by atoms with Gasteiger partial charge in [0.15, 0.2) is 11.5 Å². The molecule has 2 amide bonds. The fraction of sp³-hybridized carbons (Fsp3) is 0.111. The van der Waals surface area contributed by atoms with E-state index in [0.717, 1.165) is 6.07 Å². The zero-order chi connectivity index (χ0) is 19.8. The first kappa shape index (κ1) is 18.8. The van der Waals surface area contributed by atoms with Gasteiger partial charge in [-0.25, -0.2) is 0 Å². The van der Waals surface area contributed by atoms with Crippen LogP contribution in [0.15, 0.2) is 41.3 Å². The number of hydrogen-bond donors (Lipinski definition) is 2. The Hall–Kier alpha value is -2.94. The number of halogens is 3. The molecule has 5 nitrogen and oxygen atoms in total. The second-order valence-corrected chi connectivity index (χ2v) is 6.69. The smallest absolute Gasteiger partial charge is 0.419 e. The number of thioether (sulfide) groups is 1. The van der Waals surface area contributed by atoms with Crippen LogP contribution in [0.5, 0.6) is 17.2 Å². The number of aromatic hydroxyl groups is 1. The highest BCUT2D eigenvalue weighted by molar-refractivity contribution is 8.18. The van der Waals surface area contributed by atoms with Gasteiger partial charge in [-0.05, 0) is 54.6 Å². The van der Waals surface area contributed by atoms with Crippen molar-refractivity contribution < 1.29 is 32.6 Å². The maximum Gasteiger partial charge on any atom is 0.419 e. The predicted molar refractivity (Wildman–Crippen MR) is 93.5 cm³/mol. The second kappa shape index (κ2) is 6.99. The van der Waals surface area contributed by atoms with Gasteiger partial charge in [0.05, 0.1) is 10.5 Å². The molecule has 0 radical (unpaired) electrons. The van der Waals surface area contributed by atoms with E-state index >= 15 is 0 Å². The molecule has 2 aromatic carbocycles. The second-order valence-electron chi connectivity index (χ2n) is 5.68. The van der Waals surface area contributed by atoms with Crippen molar-refractivity contribution in [1.82, 2.24) is 5.32 Å². The van der Waals surface area contributed by atoms with Crippen LogP contribution in [-0.4, -0.2) is 16.3 Å². The van der Waals surface area contributed by atoms with Gasteiger partial charge in [0, 0.05) is 0 Å². The molecule has 3 rings (SSSR count). The number of carbonyl (C=O) groups excluding carboxylic acids is 2. The highest BCUT2D eigenvalue weighted by atomic mass is 32.2. The van der Waals surface area contributed by atoms with Crippen molar-refractivity contribution >= 4 is 29.0 Å². The number of nitrogens with one attached hydrogen (secondary N) is 1. The van der Waals surface area contributed by atoms with Crippen LogP contribution >= 0.6 is 11.8 Å². The molecule has 1 aliphatic heterocycles.